The van der Waals surface area contributed by atoms with Crippen molar-refractivity contribution in [2.45, 2.75) is 104 Å². The van der Waals surface area contributed by atoms with Gasteiger partial charge in [-0.3, -0.25) is 0 Å². The van der Waals surface area contributed by atoms with Crippen LogP contribution in [0.15, 0.2) is 35.9 Å². The predicted molar refractivity (Wildman–Crippen MR) is 131 cm³/mol. The topological polar surface area (TPSA) is 49.7 Å². The quantitative estimate of drug-likeness (QED) is 0.231. The van der Waals surface area contributed by atoms with E-state index in [1.165, 1.54) is 56.9 Å². The molecule has 1 aromatic rings. The lowest BCUT2D eigenvalue weighted by molar-refractivity contribution is 0.299. The standard InChI is InChI=1S/C28H44O3/c1-5-6-7-8-9-10-11-12-13-14-17-31-23-19-26(29)28(27(30)20-23)25-18-22(4)15-16-24(25)21(2)3/h18-20,24-25,29-30H,2,5-17H2,1,3-4H3/t24-,25?/m0/s1. The van der Waals surface area contributed by atoms with Crippen LogP contribution in [0.3, 0.4) is 0 Å². The lowest BCUT2D eigenvalue weighted by Gasteiger charge is -2.31. The first-order chi connectivity index (χ1) is 14.9. The summed E-state index contributed by atoms with van der Waals surface area (Å²) in [5.74, 6) is 0.958. The number of benzene rings is 1. The normalized spacial score (nSPS) is 18.6. The van der Waals surface area contributed by atoms with E-state index in [0.717, 1.165) is 31.3 Å². The van der Waals surface area contributed by atoms with E-state index in [0.29, 0.717) is 17.9 Å². The number of allylic oxidation sites excluding steroid dienone is 3. The lowest BCUT2D eigenvalue weighted by atomic mass is 9.74. The molecule has 2 atom stereocenters. The Bertz CT molecular complexity index is 696. The van der Waals surface area contributed by atoms with Crippen molar-refractivity contribution in [2.75, 3.05) is 6.61 Å². The Morgan fingerprint density at radius 1 is 0.968 bits per heavy atom. The molecule has 2 N–H and O–H groups in total. The summed E-state index contributed by atoms with van der Waals surface area (Å²) in [6, 6.07) is 3.30. The van der Waals surface area contributed by atoms with Gasteiger partial charge in [0.15, 0.2) is 0 Å². The Hall–Kier alpha value is -1.90. The summed E-state index contributed by atoms with van der Waals surface area (Å²) < 4.78 is 5.82. The van der Waals surface area contributed by atoms with Crippen molar-refractivity contribution < 1.29 is 14.9 Å². The van der Waals surface area contributed by atoms with Crippen LogP contribution in [0.4, 0.5) is 0 Å². The number of unbranched alkanes of at least 4 members (excludes halogenated alkanes) is 9. The van der Waals surface area contributed by atoms with Gasteiger partial charge in [-0.1, -0.05) is 88.5 Å². The molecule has 0 aromatic heterocycles. The van der Waals surface area contributed by atoms with Crippen LogP contribution in [0.1, 0.15) is 109 Å². The van der Waals surface area contributed by atoms with Crippen LogP contribution in [-0.2, 0) is 0 Å². The number of hydrogen-bond donors (Lipinski definition) is 2. The summed E-state index contributed by atoms with van der Waals surface area (Å²) in [5, 5.41) is 21.4. The summed E-state index contributed by atoms with van der Waals surface area (Å²) in [4.78, 5) is 0. The first-order valence-corrected chi connectivity index (χ1v) is 12.4. The number of aromatic hydroxyl groups is 2. The van der Waals surface area contributed by atoms with E-state index in [9.17, 15) is 10.2 Å². The average molecular weight is 429 g/mol. The van der Waals surface area contributed by atoms with E-state index < -0.39 is 0 Å². The summed E-state index contributed by atoms with van der Waals surface area (Å²) in [6.45, 7) is 11.1. The third-order valence-corrected chi connectivity index (χ3v) is 6.59. The van der Waals surface area contributed by atoms with Gasteiger partial charge in [0.2, 0.25) is 0 Å². The monoisotopic (exact) mass is 428 g/mol. The molecule has 0 spiro atoms. The zero-order chi connectivity index (χ0) is 22.6. The first kappa shape index (κ1) is 25.4. The molecule has 1 aliphatic carbocycles. The first-order valence-electron chi connectivity index (χ1n) is 12.4. The van der Waals surface area contributed by atoms with Crippen LogP contribution in [-0.4, -0.2) is 16.8 Å². The van der Waals surface area contributed by atoms with E-state index in [1.807, 2.05) is 6.92 Å². The Kier molecular flexibility index (Phi) is 11.0. The number of phenols is 2. The second-order valence-electron chi connectivity index (χ2n) is 9.44. The molecule has 3 heteroatoms. The van der Waals surface area contributed by atoms with Gasteiger partial charge in [-0.25, -0.2) is 0 Å². The summed E-state index contributed by atoms with van der Waals surface area (Å²) in [7, 11) is 0. The van der Waals surface area contributed by atoms with Gasteiger partial charge in [-0.15, -0.1) is 0 Å². The molecule has 0 bridgehead atoms. The van der Waals surface area contributed by atoms with E-state index in [1.54, 1.807) is 12.1 Å². The molecule has 0 heterocycles. The Balaban J connectivity index is 1.79. The second kappa shape index (κ2) is 13.5. The van der Waals surface area contributed by atoms with Crippen LogP contribution in [0.5, 0.6) is 17.2 Å². The maximum Gasteiger partial charge on any atom is 0.126 e. The predicted octanol–water partition coefficient (Wildman–Crippen LogP) is 8.41. The van der Waals surface area contributed by atoms with Gasteiger partial charge in [0.1, 0.15) is 17.2 Å². The van der Waals surface area contributed by atoms with Gasteiger partial charge < -0.3 is 14.9 Å². The molecular weight excluding hydrogens is 384 g/mol. The van der Waals surface area contributed by atoms with Gasteiger partial charge in [0, 0.05) is 23.6 Å². The molecule has 1 aliphatic rings. The molecule has 174 valence electrons. The highest BCUT2D eigenvalue weighted by atomic mass is 16.5. The smallest absolute Gasteiger partial charge is 0.126 e. The minimum atomic E-state index is -0.0396. The number of ether oxygens (including phenoxy) is 1. The van der Waals surface area contributed by atoms with Gasteiger partial charge >= 0.3 is 0 Å². The van der Waals surface area contributed by atoms with Crippen LogP contribution in [0.2, 0.25) is 0 Å². The SMILES string of the molecule is C=C(C)[C@@H]1CCC(C)=CC1c1c(O)cc(OCCCCCCCCCCCC)cc1O. The third kappa shape index (κ3) is 8.27. The molecule has 0 amide bonds. The van der Waals surface area contributed by atoms with Crippen LogP contribution in [0, 0.1) is 5.92 Å². The van der Waals surface area contributed by atoms with Crippen LogP contribution < -0.4 is 4.74 Å². The van der Waals surface area contributed by atoms with Crippen molar-refractivity contribution in [3.8, 4) is 17.2 Å². The molecule has 0 saturated heterocycles. The van der Waals surface area contributed by atoms with E-state index in [4.69, 9.17) is 4.74 Å². The fourth-order valence-corrected chi connectivity index (χ4v) is 4.71. The third-order valence-electron chi connectivity index (χ3n) is 6.59. The summed E-state index contributed by atoms with van der Waals surface area (Å²) >= 11 is 0. The fraction of sp³-hybridized carbons (Fsp3) is 0.643. The highest BCUT2D eigenvalue weighted by molar-refractivity contribution is 5.53. The highest BCUT2D eigenvalue weighted by Gasteiger charge is 2.30. The van der Waals surface area contributed by atoms with Gasteiger partial charge in [-0.05, 0) is 39.0 Å². The maximum atomic E-state index is 10.7. The van der Waals surface area contributed by atoms with Crippen LogP contribution >= 0.6 is 0 Å². The molecule has 0 fully saturated rings. The van der Waals surface area contributed by atoms with E-state index in [2.05, 4.69) is 26.5 Å². The van der Waals surface area contributed by atoms with Crippen molar-refractivity contribution >= 4 is 0 Å². The minimum Gasteiger partial charge on any atom is -0.507 e. The Labute approximate surface area is 190 Å². The Morgan fingerprint density at radius 2 is 1.52 bits per heavy atom. The lowest BCUT2D eigenvalue weighted by Crippen LogP contribution is -2.17. The zero-order valence-electron chi connectivity index (χ0n) is 20.1. The van der Waals surface area contributed by atoms with Crippen molar-refractivity contribution in [3.63, 3.8) is 0 Å². The average Bonchev–Trinajstić information content (AvgIpc) is 2.71. The number of phenolic OH excluding ortho intramolecular Hbond substituents is 2. The van der Waals surface area contributed by atoms with Crippen LogP contribution in [0.25, 0.3) is 0 Å². The molecule has 31 heavy (non-hydrogen) atoms. The van der Waals surface area contributed by atoms with Crippen molar-refractivity contribution in [2.24, 2.45) is 5.92 Å². The number of hydrogen-bond acceptors (Lipinski definition) is 3. The largest absolute Gasteiger partial charge is 0.507 e. The summed E-state index contributed by atoms with van der Waals surface area (Å²) in [6.07, 6.45) is 17.1. The molecule has 0 radical (unpaired) electrons. The molecule has 3 nitrogen and oxygen atoms in total. The Morgan fingerprint density at radius 3 is 2.06 bits per heavy atom. The summed E-state index contributed by atoms with van der Waals surface area (Å²) in [5.41, 5.74) is 2.98. The zero-order valence-corrected chi connectivity index (χ0v) is 20.1. The van der Waals surface area contributed by atoms with Gasteiger partial charge in [0.25, 0.3) is 0 Å². The molecule has 2 rings (SSSR count). The molecule has 1 aromatic carbocycles. The van der Waals surface area contributed by atoms with Crippen molar-refractivity contribution in [1.29, 1.82) is 0 Å². The van der Waals surface area contributed by atoms with Crippen molar-refractivity contribution in [1.82, 2.24) is 0 Å². The second-order valence-corrected chi connectivity index (χ2v) is 9.44. The van der Waals surface area contributed by atoms with Crippen molar-refractivity contribution in [3.05, 3.63) is 41.5 Å². The van der Waals surface area contributed by atoms with E-state index >= 15 is 0 Å². The maximum absolute atomic E-state index is 10.7. The number of rotatable bonds is 14. The minimum absolute atomic E-state index is 0.0396. The molecule has 0 aliphatic heterocycles. The highest BCUT2D eigenvalue weighted by Crippen LogP contribution is 2.47. The fourth-order valence-electron chi connectivity index (χ4n) is 4.71. The molecule has 0 saturated carbocycles. The van der Waals surface area contributed by atoms with Gasteiger partial charge in [-0.2, -0.15) is 0 Å². The van der Waals surface area contributed by atoms with E-state index in [-0.39, 0.29) is 23.3 Å². The molecular formula is C28H44O3. The molecule has 1 unspecified atom stereocenters. The van der Waals surface area contributed by atoms with Gasteiger partial charge in [0.05, 0.1) is 6.61 Å².